The Labute approximate surface area is 383 Å². The van der Waals surface area contributed by atoms with Crippen molar-refractivity contribution < 1.29 is 0 Å². The molecule has 0 spiro atoms. The molecule has 0 radical (unpaired) electrons. The molecule has 0 bridgehead atoms. The van der Waals surface area contributed by atoms with Crippen LogP contribution in [0.4, 0.5) is 0 Å². The summed E-state index contributed by atoms with van der Waals surface area (Å²) in [7, 11) is -11.0. The van der Waals surface area contributed by atoms with Crippen LogP contribution in [-0.2, 0) is 0 Å². The van der Waals surface area contributed by atoms with E-state index < -0.39 is 43.6 Å². The van der Waals surface area contributed by atoms with E-state index in [4.69, 9.17) is 0 Å². The van der Waals surface area contributed by atoms with Gasteiger partial charge in [-0.05, 0) is 23.0 Å². The van der Waals surface area contributed by atoms with Gasteiger partial charge in [0, 0.05) is 43.6 Å². The second-order valence-electron chi connectivity index (χ2n) is 20.9. The van der Waals surface area contributed by atoms with Gasteiger partial charge in [-0.3, -0.25) is 0 Å². The fraction of sp³-hybridized carbons (Fsp3) is 0.778. The number of rotatable bonds is 35. The lowest BCUT2D eigenvalue weighted by atomic mass is 10.0. The van der Waals surface area contributed by atoms with Crippen LogP contribution in [-0.4, -0.2) is 43.6 Å². The molecule has 0 aliphatic heterocycles. The molecule has 2 atom stereocenters. The summed E-state index contributed by atoms with van der Waals surface area (Å²) < 4.78 is 0. The van der Waals surface area contributed by atoms with Gasteiger partial charge in [0.2, 0.25) is 0 Å². The Hall–Kier alpha value is -0.259. The lowest BCUT2D eigenvalue weighted by Gasteiger charge is -2.72. The Kier molecular flexibility index (Phi) is 26.0. The van der Waals surface area contributed by atoms with Crippen molar-refractivity contribution >= 4 is 43.6 Å². The summed E-state index contributed by atoms with van der Waals surface area (Å²) in [6.45, 7) is 37.9. The molecule has 346 valence electrons. The molecule has 0 aliphatic carbocycles. The Balaban J connectivity index is 3.58. The summed E-state index contributed by atoms with van der Waals surface area (Å²) in [5.41, 5.74) is 3.32. The van der Waals surface area contributed by atoms with Crippen LogP contribution in [0.1, 0.15) is 197 Å². The number of hydrogen-bond acceptors (Lipinski definition) is 0. The zero-order valence-corrected chi connectivity index (χ0v) is 49.3. The molecule has 0 unspecified atom stereocenters. The van der Waals surface area contributed by atoms with E-state index in [0.717, 1.165) is 0 Å². The lowest BCUT2D eigenvalue weighted by molar-refractivity contribution is 0.821. The van der Waals surface area contributed by atoms with Gasteiger partial charge in [-0.25, -0.2) is 0 Å². The zero-order valence-electron chi connectivity index (χ0n) is 43.3. The molecular formula is C54H106Si6. The van der Waals surface area contributed by atoms with Gasteiger partial charge in [-0.15, -0.1) is 0 Å². The minimum absolute atomic E-state index is 0.702. The van der Waals surface area contributed by atoms with Crippen molar-refractivity contribution in [2.45, 2.75) is 270 Å². The van der Waals surface area contributed by atoms with Crippen LogP contribution in [0.15, 0.2) is 60.7 Å². The second kappa shape index (κ2) is 27.9. The second-order valence-corrected chi connectivity index (χ2v) is 76.8. The molecule has 2 aromatic rings. The van der Waals surface area contributed by atoms with E-state index in [0.29, 0.717) is 11.8 Å². The first-order chi connectivity index (χ1) is 29.0. The molecule has 0 heterocycles. The summed E-state index contributed by atoms with van der Waals surface area (Å²) in [5.74, 6) is 1.40. The molecule has 0 saturated heterocycles. The van der Waals surface area contributed by atoms with E-state index in [1.165, 1.54) is 77.0 Å². The molecule has 6 heteroatoms. The first-order valence-electron chi connectivity index (χ1n) is 27.1. The van der Waals surface area contributed by atoms with Gasteiger partial charge in [-0.1, -0.05) is 319 Å². The van der Waals surface area contributed by atoms with Gasteiger partial charge in [0.05, 0.1) is 0 Å². The third-order valence-electron chi connectivity index (χ3n) is 17.2. The summed E-state index contributed by atoms with van der Waals surface area (Å²) in [6, 6.07) is 47.9. The smallest absolute Gasteiger partial charge is 0.0456 e. The van der Waals surface area contributed by atoms with Gasteiger partial charge in [0.25, 0.3) is 0 Å². The molecule has 0 N–H and O–H groups in total. The molecule has 2 aromatic carbocycles. The average molecular weight is 924 g/mol. The van der Waals surface area contributed by atoms with E-state index in [9.17, 15) is 0 Å². The van der Waals surface area contributed by atoms with Gasteiger partial charge >= 0.3 is 0 Å². The minimum atomic E-state index is -1.89. The van der Waals surface area contributed by atoms with E-state index in [1.807, 2.05) is 0 Å². The molecule has 0 aromatic heterocycles. The Morgan fingerprint density at radius 3 is 0.683 bits per heavy atom. The quantitative estimate of drug-likeness (QED) is 0.0605. The van der Waals surface area contributed by atoms with Gasteiger partial charge < -0.3 is 0 Å². The standard InChI is InChI=1S/C54H106Si6/c1-15-37-55(38-16-2,49-51(13)53-33-29-27-30-34-53)57(41-19-5,42-20-6)59(45-23-9,46-24-10)60(47-25-11,48-26-12)58(43-21-7,44-22-8)56(39-17-3,40-18-4)50-52(14)54-35-31-28-32-36-54/h27-36,51-52H,15-26,37-50H2,1-14H3/t51-,52-/m0/s1. The monoisotopic (exact) mass is 923 g/mol. The highest BCUT2D eigenvalue weighted by Crippen LogP contribution is 2.61. The Morgan fingerprint density at radius 2 is 0.483 bits per heavy atom. The largest absolute Gasteiger partial charge is 0.0657 e. The van der Waals surface area contributed by atoms with Crippen LogP contribution in [0, 0.1) is 0 Å². The maximum atomic E-state index is 2.74. The Morgan fingerprint density at radius 1 is 0.283 bits per heavy atom. The summed E-state index contributed by atoms with van der Waals surface area (Å²) >= 11 is 0. The third-order valence-corrected chi connectivity index (χ3v) is 133. The first-order valence-corrected chi connectivity index (χ1v) is 47.0. The zero-order chi connectivity index (χ0) is 44.8. The molecule has 0 aliphatic rings. The predicted molar refractivity (Wildman–Crippen MR) is 295 cm³/mol. The normalized spacial score (nSPS) is 14.4. The summed E-state index contributed by atoms with van der Waals surface area (Å²) in [5, 5.41) is 0. The van der Waals surface area contributed by atoms with E-state index in [2.05, 4.69) is 158 Å². The highest BCUT2D eigenvalue weighted by atomic mass is 30.0. The molecule has 2 rings (SSSR count). The van der Waals surface area contributed by atoms with Crippen molar-refractivity contribution in [2.24, 2.45) is 0 Å². The van der Waals surface area contributed by atoms with Crippen molar-refractivity contribution in [1.29, 1.82) is 0 Å². The van der Waals surface area contributed by atoms with Crippen LogP contribution in [0.5, 0.6) is 0 Å². The number of hydrogen-bond donors (Lipinski definition) is 0. The van der Waals surface area contributed by atoms with E-state index in [-0.39, 0.29) is 0 Å². The highest BCUT2D eigenvalue weighted by Gasteiger charge is 2.76. The maximum Gasteiger partial charge on any atom is 0.0456 e. The molecule has 0 fully saturated rings. The fourth-order valence-electron chi connectivity index (χ4n) is 16.7. The van der Waals surface area contributed by atoms with E-state index >= 15 is 0 Å². The molecule has 0 nitrogen and oxygen atoms in total. The van der Waals surface area contributed by atoms with Crippen molar-refractivity contribution in [3.63, 3.8) is 0 Å². The van der Waals surface area contributed by atoms with E-state index in [1.54, 1.807) is 95.7 Å². The van der Waals surface area contributed by atoms with Crippen LogP contribution in [0.3, 0.4) is 0 Å². The molecule has 60 heavy (non-hydrogen) atoms. The van der Waals surface area contributed by atoms with Gasteiger partial charge in [0.15, 0.2) is 0 Å². The number of benzene rings is 2. The fourth-order valence-corrected chi connectivity index (χ4v) is 208. The SMILES string of the molecule is CCC[Si](CCC)(C[C@H](C)c1ccccc1)[Si](CCC)(CCC)[Si](CCC)(CCC)[Si](CCC)(CCC)[Si](CCC)(CCC)[Si](CCC)(CCC)C[C@H](C)c1ccccc1. The summed E-state index contributed by atoms with van der Waals surface area (Å²) in [6.07, 6.45) is 17.7. The first kappa shape index (κ1) is 55.9. The predicted octanol–water partition coefficient (Wildman–Crippen LogP) is 19.6. The summed E-state index contributed by atoms with van der Waals surface area (Å²) in [4.78, 5) is 0. The van der Waals surface area contributed by atoms with Crippen molar-refractivity contribution in [2.75, 3.05) is 0 Å². The van der Waals surface area contributed by atoms with Gasteiger partial charge in [0.1, 0.15) is 0 Å². The van der Waals surface area contributed by atoms with Crippen molar-refractivity contribution in [3.8, 4) is 0 Å². The van der Waals surface area contributed by atoms with Crippen molar-refractivity contribution in [1.82, 2.24) is 0 Å². The minimum Gasteiger partial charge on any atom is -0.0657 e. The lowest BCUT2D eigenvalue weighted by Crippen LogP contribution is -2.94. The Bertz CT molecular complexity index is 1240. The average Bonchev–Trinajstić information content (AvgIpc) is 3.24. The molecule has 0 saturated carbocycles. The topological polar surface area (TPSA) is 0 Å². The molecule has 0 amide bonds. The molecular weight excluding hydrogens is 817 g/mol. The van der Waals surface area contributed by atoms with Crippen LogP contribution < -0.4 is 0 Å². The highest BCUT2D eigenvalue weighted by molar-refractivity contribution is 7.98. The van der Waals surface area contributed by atoms with Crippen molar-refractivity contribution in [3.05, 3.63) is 71.8 Å². The van der Waals surface area contributed by atoms with Gasteiger partial charge in [-0.2, -0.15) is 0 Å². The third kappa shape index (κ3) is 11.6. The maximum absolute atomic E-state index is 2.74. The van der Waals surface area contributed by atoms with Crippen LogP contribution >= 0.6 is 0 Å². The van der Waals surface area contributed by atoms with Crippen LogP contribution in [0.25, 0.3) is 0 Å². The van der Waals surface area contributed by atoms with Crippen LogP contribution in [0.2, 0.25) is 84.6 Å².